The number of aromatic nitrogens is 2. The Morgan fingerprint density at radius 2 is 1.23 bits per heavy atom. The summed E-state index contributed by atoms with van der Waals surface area (Å²) >= 11 is 0. The zero-order valence-corrected chi connectivity index (χ0v) is 18.7. The van der Waals surface area contributed by atoms with Crippen LogP contribution in [-0.2, 0) is 25.7 Å². The first kappa shape index (κ1) is 22.5. The first-order valence-electron chi connectivity index (χ1n) is 11.3. The summed E-state index contributed by atoms with van der Waals surface area (Å²) in [6, 6.07) is 16.1. The van der Waals surface area contributed by atoms with Gasteiger partial charge in [-0.1, -0.05) is 17.3 Å². The third kappa shape index (κ3) is 4.45. The number of hydrogen-bond donors (Lipinski definition) is 1. The van der Waals surface area contributed by atoms with Gasteiger partial charge in [-0.2, -0.15) is 0 Å². The summed E-state index contributed by atoms with van der Waals surface area (Å²) in [7, 11) is 0. The van der Waals surface area contributed by atoms with Crippen molar-refractivity contribution in [3.8, 4) is 0 Å². The Labute approximate surface area is 200 Å². The Bertz CT molecular complexity index is 1470. The van der Waals surface area contributed by atoms with Crippen LogP contribution in [0.25, 0.3) is 0 Å². The molecule has 2 aliphatic rings. The zero-order chi connectivity index (χ0) is 24.4. The number of carbonyl (C=O) groups excluding carboxylic acids is 1. The van der Waals surface area contributed by atoms with Gasteiger partial charge in [0.1, 0.15) is 17.3 Å². The number of halogens is 2. The molecule has 0 unspecified atom stereocenters. The van der Waals surface area contributed by atoms with Crippen LogP contribution in [-0.4, -0.2) is 26.7 Å². The maximum Gasteiger partial charge on any atom is 0.195 e. The van der Waals surface area contributed by atoms with Crippen LogP contribution in [0, 0.1) is 11.6 Å². The maximum atomic E-state index is 13.4. The molecule has 0 saturated carbocycles. The second-order valence-corrected chi connectivity index (χ2v) is 8.38. The number of hydrogen-bond acceptors (Lipinski definition) is 5. The molecule has 0 atom stereocenters. The van der Waals surface area contributed by atoms with Gasteiger partial charge in [-0.05, 0) is 85.3 Å². The molecule has 7 heteroatoms. The van der Waals surface area contributed by atoms with Crippen LogP contribution in [0.1, 0.15) is 49.6 Å². The van der Waals surface area contributed by atoms with Crippen molar-refractivity contribution < 1.29 is 18.8 Å². The predicted molar refractivity (Wildman–Crippen MR) is 127 cm³/mol. The zero-order valence-electron chi connectivity index (χ0n) is 18.7. The first-order chi connectivity index (χ1) is 17.0. The third-order valence-corrected chi connectivity index (χ3v) is 6.29. The van der Waals surface area contributed by atoms with Crippen LogP contribution in [0.5, 0.6) is 0 Å². The van der Waals surface area contributed by atoms with E-state index in [-0.39, 0.29) is 17.4 Å². The second kappa shape index (κ2) is 9.54. The number of nitrogens with zero attached hydrogens (tertiary/aromatic N) is 3. The average molecular weight is 469 g/mol. The molecule has 2 aliphatic carbocycles. The molecular formula is C28H21F2N3O2. The molecule has 35 heavy (non-hydrogen) atoms. The highest BCUT2D eigenvalue weighted by molar-refractivity contribution is 6.14. The Kier molecular flexibility index (Phi) is 6.14. The molecule has 1 N–H and O–H groups in total. The highest BCUT2D eigenvalue weighted by atomic mass is 19.1. The molecule has 2 heterocycles. The lowest BCUT2D eigenvalue weighted by Gasteiger charge is -2.07. The van der Waals surface area contributed by atoms with Crippen molar-refractivity contribution in [3.63, 3.8) is 0 Å². The standard InChI is InChI=1S/C14H11FN2O.C14H10FNO/c15-10-5-3-9-4-6-13-11(2-1-7-16-13)14(17-18)12(9)8-10;15-10-5-3-9-4-6-13-11(2-1-7-16-13)14(17)12(9)8-10/h1-3,5,7-8,18H,4,6H2;1-3,5,7-8H,4,6H2. The van der Waals surface area contributed by atoms with Crippen molar-refractivity contribution in [2.24, 2.45) is 5.16 Å². The molecule has 0 radical (unpaired) electrons. The Balaban J connectivity index is 0.000000145. The van der Waals surface area contributed by atoms with E-state index in [9.17, 15) is 18.8 Å². The van der Waals surface area contributed by atoms with Gasteiger partial charge in [-0.3, -0.25) is 14.8 Å². The molecule has 0 amide bonds. The predicted octanol–water partition coefficient (Wildman–Crippen LogP) is 5.10. The second-order valence-electron chi connectivity index (χ2n) is 8.38. The molecule has 0 spiro atoms. The lowest BCUT2D eigenvalue weighted by atomic mass is 9.99. The van der Waals surface area contributed by atoms with Crippen molar-refractivity contribution in [1.82, 2.24) is 9.97 Å². The van der Waals surface area contributed by atoms with Crippen molar-refractivity contribution >= 4 is 11.5 Å². The molecule has 0 bridgehead atoms. The Morgan fingerprint density at radius 1 is 0.686 bits per heavy atom. The Hall–Kier alpha value is -4.26. The Morgan fingerprint density at radius 3 is 1.86 bits per heavy atom. The summed E-state index contributed by atoms with van der Waals surface area (Å²) in [5.41, 5.74) is 6.42. The highest BCUT2D eigenvalue weighted by Crippen LogP contribution is 2.25. The fourth-order valence-corrected chi connectivity index (χ4v) is 4.57. The molecule has 0 fully saturated rings. The van der Waals surface area contributed by atoms with Gasteiger partial charge in [0, 0.05) is 34.6 Å². The third-order valence-electron chi connectivity index (χ3n) is 6.29. The number of aryl methyl sites for hydroxylation is 4. The average Bonchev–Trinajstić information content (AvgIpc) is 3.12. The summed E-state index contributed by atoms with van der Waals surface area (Å²) in [5, 5.41) is 12.6. The van der Waals surface area contributed by atoms with Gasteiger partial charge < -0.3 is 5.21 Å². The fraction of sp³-hybridized carbons (Fsp3) is 0.143. The number of carbonyl (C=O) groups is 1. The van der Waals surface area contributed by atoms with Gasteiger partial charge in [-0.15, -0.1) is 0 Å². The normalized spacial score (nSPS) is 14.9. The van der Waals surface area contributed by atoms with Crippen LogP contribution in [0.15, 0.2) is 78.2 Å². The number of fused-ring (bicyclic) bond motifs is 4. The first-order valence-corrected chi connectivity index (χ1v) is 11.3. The van der Waals surface area contributed by atoms with Gasteiger partial charge in [0.25, 0.3) is 0 Å². The van der Waals surface area contributed by atoms with Gasteiger partial charge in [0.2, 0.25) is 0 Å². The van der Waals surface area contributed by atoms with E-state index in [1.807, 2.05) is 6.07 Å². The van der Waals surface area contributed by atoms with Crippen LogP contribution in [0.4, 0.5) is 8.78 Å². The molecule has 2 aromatic heterocycles. The summed E-state index contributed by atoms with van der Waals surface area (Å²) in [5.74, 6) is -0.827. The smallest absolute Gasteiger partial charge is 0.195 e. The van der Waals surface area contributed by atoms with E-state index in [1.165, 1.54) is 24.3 Å². The summed E-state index contributed by atoms with van der Waals surface area (Å²) in [6.07, 6.45) is 6.37. The number of benzene rings is 2. The van der Waals surface area contributed by atoms with Gasteiger partial charge in [0.05, 0.1) is 11.4 Å². The lowest BCUT2D eigenvalue weighted by Crippen LogP contribution is -2.07. The van der Waals surface area contributed by atoms with E-state index in [1.54, 1.807) is 42.7 Å². The number of pyridine rings is 2. The molecule has 174 valence electrons. The minimum atomic E-state index is -0.371. The van der Waals surface area contributed by atoms with E-state index < -0.39 is 0 Å². The maximum absolute atomic E-state index is 13.4. The van der Waals surface area contributed by atoms with Gasteiger partial charge >= 0.3 is 0 Å². The summed E-state index contributed by atoms with van der Waals surface area (Å²) in [6.45, 7) is 0. The summed E-state index contributed by atoms with van der Waals surface area (Å²) in [4.78, 5) is 20.8. The van der Waals surface area contributed by atoms with Crippen LogP contribution in [0.2, 0.25) is 0 Å². The summed E-state index contributed by atoms with van der Waals surface area (Å²) < 4.78 is 26.6. The molecule has 2 aromatic carbocycles. The van der Waals surface area contributed by atoms with Gasteiger partial charge in [0.15, 0.2) is 5.78 Å². The monoisotopic (exact) mass is 469 g/mol. The van der Waals surface area contributed by atoms with E-state index in [2.05, 4.69) is 15.1 Å². The van der Waals surface area contributed by atoms with Gasteiger partial charge in [-0.25, -0.2) is 8.78 Å². The topological polar surface area (TPSA) is 75.4 Å². The van der Waals surface area contributed by atoms with E-state index in [4.69, 9.17) is 0 Å². The quantitative estimate of drug-likeness (QED) is 0.287. The number of ketones is 1. The van der Waals surface area contributed by atoms with Crippen molar-refractivity contribution in [3.05, 3.63) is 129 Å². The molecule has 6 rings (SSSR count). The van der Waals surface area contributed by atoms with Crippen LogP contribution >= 0.6 is 0 Å². The SMILES string of the molecule is O=C1c2cc(F)ccc2CCc2ncccc21.ON=C1c2cc(F)ccc2CCc2ncccc21. The molecule has 0 saturated heterocycles. The fourth-order valence-electron chi connectivity index (χ4n) is 4.57. The minimum Gasteiger partial charge on any atom is -0.410 e. The van der Waals surface area contributed by atoms with Crippen molar-refractivity contribution in [2.45, 2.75) is 25.7 Å². The van der Waals surface area contributed by atoms with E-state index >= 15 is 0 Å². The number of rotatable bonds is 0. The molecule has 4 aromatic rings. The van der Waals surface area contributed by atoms with Crippen LogP contribution in [0.3, 0.4) is 0 Å². The molecule has 5 nitrogen and oxygen atoms in total. The largest absolute Gasteiger partial charge is 0.410 e. The highest BCUT2D eigenvalue weighted by Gasteiger charge is 2.22. The molecule has 0 aliphatic heterocycles. The van der Waals surface area contributed by atoms with Crippen molar-refractivity contribution in [2.75, 3.05) is 0 Å². The lowest BCUT2D eigenvalue weighted by molar-refractivity contribution is 0.103. The minimum absolute atomic E-state index is 0.125. The molecular weight excluding hydrogens is 448 g/mol. The van der Waals surface area contributed by atoms with E-state index in [0.29, 0.717) is 22.4 Å². The number of oxime groups is 1. The van der Waals surface area contributed by atoms with Crippen LogP contribution < -0.4 is 0 Å². The van der Waals surface area contributed by atoms with Crippen molar-refractivity contribution in [1.29, 1.82) is 0 Å². The van der Waals surface area contributed by atoms with E-state index in [0.717, 1.165) is 53.8 Å².